The molecule has 2 heteroatoms. The van der Waals surface area contributed by atoms with Crippen molar-refractivity contribution in [2.45, 2.75) is 25.2 Å². The normalized spacial score (nSPS) is 24.2. The number of likely N-dealkylation sites (tertiary alicyclic amines) is 1. The van der Waals surface area contributed by atoms with Crippen molar-refractivity contribution >= 4 is 0 Å². The van der Waals surface area contributed by atoms with Gasteiger partial charge >= 0.3 is 0 Å². The number of quaternary nitrogens is 1. The maximum Gasteiger partial charge on any atom is 0.0788 e. The van der Waals surface area contributed by atoms with Crippen molar-refractivity contribution in [1.82, 2.24) is 0 Å². The molecule has 1 saturated heterocycles. The third kappa shape index (κ3) is 3.74. The molecule has 16 heavy (non-hydrogen) atoms. The van der Waals surface area contributed by atoms with Crippen molar-refractivity contribution < 1.29 is 28.5 Å². The van der Waals surface area contributed by atoms with Gasteiger partial charge in [-0.1, -0.05) is 30.3 Å². The van der Waals surface area contributed by atoms with Crippen LogP contribution in [-0.2, 0) is 0 Å². The van der Waals surface area contributed by atoms with E-state index in [0.29, 0.717) is 0 Å². The third-order valence-corrected chi connectivity index (χ3v) is 3.67. The molecule has 1 aliphatic heterocycles. The average Bonchev–Trinajstić information content (AvgIpc) is 2.41. The Morgan fingerprint density at radius 1 is 1.00 bits per heavy atom. The monoisotopic (exact) mass is 331 g/mol. The van der Waals surface area contributed by atoms with Gasteiger partial charge in [0.1, 0.15) is 0 Å². The van der Waals surface area contributed by atoms with E-state index >= 15 is 0 Å². The Kier molecular flexibility index (Phi) is 5.25. The summed E-state index contributed by atoms with van der Waals surface area (Å²) in [5.74, 6) is 0.797. The van der Waals surface area contributed by atoms with Gasteiger partial charge in [-0.3, -0.25) is 0 Å². The largest absolute Gasteiger partial charge is 1.00 e. The van der Waals surface area contributed by atoms with Crippen LogP contribution in [0.2, 0.25) is 0 Å². The Bertz CT molecular complexity index is 308. The van der Waals surface area contributed by atoms with Crippen LogP contribution in [0.15, 0.2) is 30.3 Å². The molecule has 1 heterocycles. The smallest absolute Gasteiger partial charge is 0.0788 e. The van der Waals surface area contributed by atoms with Gasteiger partial charge in [-0.05, 0) is 24.3 Å². The first-order chi connectivity index (χ1) is 7.17. The predicted molar refractivity (Wildman–Crippen MR) is 64.9 cm³/mol. The summed E-state index contributed by atoms with van der Waals surface area (Å²) in [4.78, 5) is 0. The predicted octanol–water partition coefficient (Wildman–Crippen LogP) is 0.0345. The zero-order chi connectivity index (χ0) is 10.7. The molecule has 0 aromatic heterocycles. The third-order valence-electron chi connectivity index (χ3n) is 3.67. The molecule has 90 valence electrons. The van der Waals surface area contributed by atoms with Gasteiger partial charge in [-0.2, -0.15) is 0 Å². The fraction of sp³-hybridized carbons (Fsp3) is 0.571. The molecule has 1 aromatic rings. The van der Waals surface area contributed by atoms with E-state index in [-0.39, 0.29) is 24.0 Å². The van der Waals surface area contributed by atoms with Crippen LogP contribution in [0.25, 0.3) is 0 Å². The van der Waals surface area contributed by atoms with E-state index in [2.05, 4.69) is 44.4 Å². The first kappa shape index (κ1) is 14.0. The molecule has 2 rings (SSSR count). The highest BCUT2D eigenvalue weighted by atomic mass is 127. The molecule has 0 aliphatic carbocycles. The lowest BCUT2D eigenvalue weighted by molar-refractivity contribution is -0.889. The lowest BCUT2D eigenvalue weighted by atomic mass is 9.92. The van der Waals surface area contributed by atoms with Gasteiger partial charge in [0.15, 0.2) is 0 Å². The van der Waals surface area contributed by atoms with Gasteiger partial charge in [-0.25, -0.2) is 0 Å². The Morgan fingerprint density at radius 2 is 1.69 bits per heavy atom. The van der Waals surface area contributed by atoms with Crippen LogP contribution in [0.1, 0.15) is 30.7 Å². The molecule has 1 aromatic carbocycles. The molecule has 1 aliphatic rings. The summed E-state index contributed by atoms with van der Waals surface area (Å²) in [5, 5.41) is 0. The molecule has 0 spiro atoms. The number of rotatable bonds is 1. The summed E-state index contributed by atoms with van der Waals surface area (Å²) in [7, 11) is 4.71. The second-order valence-electron chi connectivity index (χ2n) is 5.42. The van der Waals surface area contributed by atoms with Crippen molar-refractivity contribution in [3.8, 4) is 0 Å². The van der Waals surface area contributed by atoms with E-state index in [4.69, 9.17) is 0 Å². The summed E-state index contributed by atoms with van der Waals surface area (Å²) in [6.07, 6.45) is 4.08. The molecule has 1 unspecified atom stereocenters. The van der Waals surface area contributed by atoms with Gasteiger partial charge in [-0.15, -0.1) is 0 Å². The Labute approximate surface area is 116 Å². The topological polar surface area (TPSA) is 0 Å². The Balaban J connectivity index is 0.00000128. The fourth-order valence-electron chi connectivity index (χ4n) is 2.59. The van der Waals surface area contributed by atoms with E-state index in [1.807, 2.05) is 0 Å². The van der Waals surface area contributed by atoms with Crippen molar-refractivity contribution in [2.24, 2.45) is 0 Å². The first-order valence-corrected chi connectivity index (χ1v) is 6.04. The van der Waals surface area contributed by atoms with Gasteiger partial charge in [0.2, 0.25) is 0 Å². The zero-order valence-corrected chi connectivity index (χ0v) is 12.5. The molecule has 0 radical (unpaired) electrons. The second kappa shape index (κ2) is 6.01. The van der Waals surface area contributed by atoms with E-state index in [0.717, 1.165) is 5.92 Å². The van der Waals surface area contributed by atoms with E-state index in [1.54, 1.807) is 5.56 Å². The fourth-order valence-corrected chi connectivity index (χ4v) is 2.59. The van der Waals surface area contributed by atoms with Gasteiger partial charge in [0.05, 0.1) is 27.2 Å². The van der Waals surface area contributed by atoms with Gasteiger partial charge < -0.3 is 28.5 Å². The molecule has 0 N–H and O–H groups in total. The van der Waals surface area contributed by atoms with Crippen molar-refractivity contribution in [3.05, 3.63) is 35.9 Å². The van der Waals surface area contributed by atoms with Crippen molar-refractivity contribution in [3.63, 3.8) is 0 Å². The van der Waals surface area contributed by atoms with Gasteiger partial charge in [0.25, 0.3) is 0 Å². The maximum atomic E-state index is 2.35. The first-order valence-electron chi connectivity index (χ1n) is 6.04. The van der Waals surface area contributed by atoms with Crippen LogP contribution in [-0.4, -0.2) is 31.7 Å². The van der Waals surface area contributed by atoms with E-state index < -0.39 is 0 Å². The standard InChI is InChI=1S/C14H22N.HI/c1-15(2)11-6-9-14(10-12-15)13-7-4-3-5-8-13;/h3-5,7-8,14H,6,9-12H2,1-2H3;1H/q+1;/p-1. The molecular weight excluding hydrogens is 309 g/mol. The molecule has 1 atom stereocenters. The van der Waals surface area contributed by atoms with Crippen LogP contribution in [0.5, 0.6) is 0 Å². The minimum Gasteiger partial charge on any atom is -1.00 e. The zero-order valence-electron chi connectivity index (χ0n) is 10.3. The van der Waals surface area contributed by atoms with Crippen LogP contribution < -0.4 is 24.0 Å². The molecule has 0 amide bonds. The minimum atomic E-state index is 0. The van der Waals surface area contributed by atoms with E-state index in [1.165, 1.54) is 36.8 Å². The lowest BCUT2D eigenvalue weighted by Gasteiger charge is -2.27. The van der Waals surface area contributed by atoms with Crippen LogP contribution >= 0.6 is 0 Å². The minimum absolute atomic E-state index is 0. The number of hydrogen-bond donors (Lipinski definition) is 0. The molecule has 1 nitrogen and oxygen atoms in total. The summed E-state index contributed by atoms with van der Waals surface area (Å²) >= 11 is 0. The van der Waals surface area contributed by atoms with Crippen molar-refractivity contribution in [2.75, 3.05) is 27.2 Å². The maximum absolute atomic E-state index is 2.35. The number of benzene rings is 1. The SMILES string of the molecule is C[N+]1(C)CCCC(c2ccccc2)CC1.[I-]. The summed E-state index contributed by atoms with van der Waals surface area (Å²) in [6.45, 7) is 2.66. The van der Waals surface area contributed by atoms with Crippen LogP contribution in [0.3, 0.4) is 0 Å². The Hall–Kier alpha value is -0.0900. The number of hydrogen-bond acceptors (Lipinski definition) is 0. The summed E-state index contributed by atoms with van der Waals surface area (Å²) in [5.41, 5.74) is 1.54. The molecule has 0 bridgehead atoms. The van der Waals surface area contributed by atoms with E-state index in [9.17, 15) is 0 Å². The van der Waals surface area contributed by atoms with Crippen LogP contribution in [0, 0.1) is 0 Å². The lowest BCUT2D eigenvalue weighted by Crippen LogP contribution is -3.00. The summed E-state index contributed by atoms with van der Waals surface area (Å²) in [6, 6.07) is 11.0. The number of nitrogens with zero attached hydrogens (tertiary/aromatic N) is 1. The highest BCUT2D eigenvalue weighted by Gasteiger charge is 2.23. The molecular formula is C14H22IN. The van der Waals surface area contributed by atoms with Crippen LogP contribution in [0.4, 0.5) is 0 Å². The Morgan fingerprint density at radius 3 is 2.38 bits per heavy atom. The quantitative estimate of drug-likeness (QED) is 0.503. The van der Waals surface area contributed by atoms with Crippen molar-refractivity contribution in [1.29, 1.82) is 0 Å². The summed E-state index contributed by atoms with van der Waals surface area (Å²) < 4.78 is 1.20. The highest BCUT2D eigenvalue weighted by molar-refractivity contribution is 5.19. The van der Waals surface area contributed by atoms with Gasteiger partial charge in [0, 0.05) is 6.42 Å². The average molecular weight is 331 g/mol. The number of halogens is 1. The highest BCUT2D eigenvalue weighted by Crippen LogP contribution is 2.28. The molecule has 0 saturated carbocycles. The second-order valence-corrected chi connectivity index (χ2v) is 5.42. The molecule has 1 fully saturated rings.